The Kier molecular flexibility index (Phi) is 5.80. The third kappa shape index (κ3) is 5.22. The summed E-state index contributed by atoms with van der Waals surface area (Å²) in [4.78, 5) is 16.4. The summed E-state index contributed by atoms with van der Waals surface area (Å²) in [7, 11) is 0. The number of benzene rings is 1. The molecule has 0 aliphatic heterocycles. The second-order valence-corrected chi connectivity index (χ2v) is 7.10. The molecule has 2 aromatic rings. The molecule has 1 unspecified atom stereocenters. The van der Waals surface area contributed by atoms with E-state index in [0.717, 1.165) is 0 Å². The van der Waals surface area contributed by atoms with E-state index in [4.69, 9.17) is 11.6 Å². The zero-order valence-corrected chi connectivity index (χ0v) is 14.8. The fourth-order valence-electron chi connectivity index (χ4n) is 1.91. The van der Waals surface area contributed by atoms with E-state index in [1.165, 1.54) is 6.20 Å². The molecule has 1 aromatic carbocycles. The highest BCUT2D eigenvalue weighted by Crippen LogP contribution is 2.19. The van der Waals surface area contributed by atoms with E-state index in [9.17, 15) is 9.90 Å². The van der Waals surface area contributed by atoms with Crippen LogP contribution in [0.1, 0.15) is 31.1 Å². The lowest BCUT2D eigenvalue weighted by molar-refractivity contribution is 0.0745. The van der Waals surface area contributed by atoms with Crippen LogP contribution in [0, 0.1) is 5.41 Å². The van der Waals surface area contributed by atoms with E-state index in [0.29, 0.717) is 28.6 Å². The second-order valence-electron chi connectivity index (χ2n) is 6.66. The molecule has 2 rings (SSSR count). The van der Waals surface area contributed by atoms with Gasteiger partial charge in [-0.1, -0.05) is 38.4 Å². The Hall–Kier alpha value is -2.11. The number of aliphatic hydroxyl groups is 1. The number of pyridine rings is 1. The third-order valence-corrected chi connectivity index (χ3v) is 3.82. The second kappa shape index (κ2) is 7.64. The van der Waals surface area contributed by atoms with Crippen LogP contribution in [-0.4, -0.2) is 28.6 Å². The molecule has 128 valence electrons. The highest BCUT2D eigenvalue weighted by molar-refractivity contribution is 6.30. The Morgan fingerprint density at radius 1 is 1.29 bits per heavy atom. The molecule has 1 aromatic heterocycles. The van der Waals surface area contributed by atoms with Crippen LogP contribution in [0.5, 0.6) is 0 Å². The van der Waals surface area contributed by atoms with E-state index in [2.05, 4.69) is 15.6 Å². The predicted octanol–water partition coefficient (Wildman–Crippen LogP) is 3.81. The summed E-state index contributed by atoms with van der Waals surface area (Å²) in [5, 5.41) is 16.4. The SMILES string of the molecule is CC(C)(C)C(O)CNc1ccc(C(=O)Nc2cccc(Cl)c2)cn1. The summed E-state index contributed by atoms with van der Waals surface area (Å²) in [5.41, 5.74) is 0.865. The summed E-state index contributed by atoms with van der Waals surface area (Å²) in [5.74, 6) is 0.351. The molecule has 6 heteroatoms. The van der Waals surface area contributed by atoms with Crippen molar-refractivity contribution in [2.45, 2.75) is 26.9 Å². The lowest BCUT2D eigenvalue weighted by atomic mass is 9.89. The molecule has 0 fully saturated rings. The first-order chi connectivity index (χ1) is 11.3. The smallest absolute Gasteiger partial charge is 0.257 e. The van der Waals surface area contributed by atoms with Crippen LogP contribution in [0.15, 0.2) is 42.6 Å². The van der Waals surface area contributed by atoms with Gasteiger partial charge in [-0.3, -0.25) is 4.79 Å². The number of anilines is 2. The zero-order chi connectivity index (χ0) is 17.7. The van der Waals surface area contributed by atoms with E-state index in [1.807, 2.05) is 20.8 Å². The first kappa shape index (κ1) is 18.2. The molecule has 3 N–H and O–H groups in total. The normalized spacial score (nSPS) is 12.5. The molecule has 0 bridgehead atoms. The Morgan fingerprint density at radius 2 is 2.04 bits per heavy atom. The van der Waals surface area contributed by atoms with Crippen molar-refractivity contribution >= 4 is 29.0 Å². The van der Waals surface area contributed by atoms with Gasteiger partial charge in [-0.05, 0) is 35.7 Å². The Labute approximate surface area is 147 Å². The zero-order valence-electron chi connectivity index (χ0n) is 14.0. The van der Waals surface area contributed by atoms with Crippen molar-refractivity contribution in [3.05, 3.63) is 53.2 Å². The minimum absolute atomic E-state index is 0.205. The minimum Gasteiger partial charge on any atom is -0.391 e. The fourth-order valence-corrected chi connectivity index (χ4v) is 2.10. The Bertz CT molecular complexity index is 696. The van der Waals surface area contributed by atoms with Crippen molar-refractivity contribution in [3.8, 4) is 0 Å². The molecule has 0 aliphatic rings. The monoisotopic (exact) mass is 347 g/mol. The maximum atomic E-state index is 12.2. The van der Waals surface area contributed by atoms with Crippen molar-refractivity contribution < 1.29 is 9.90 Å². The molecule has 0 aliphatic carbocycles. The van der Waals surface area contributed by atoms with Gasteiger partial charge in [0.1, 0.15) is 5.82 Å². The van der Waals surface area contributed by atoms with Gasteiger partial charge in [-0.25, -0.2) is 4.98 Å². The number of nitrogens with one attached hydrogen (secondary N) is 2. The number of aromatic nitrogens is 1. The van der Waals surface area contributed by atoms with Gasteiger partial charge in [0, 0.05) is 23.5 Å². The van der Waals surface area contributed by atoms with Crippen LogP contribution in [0.3, 0.4) is 0 Å². The van der Waals surface area contributed by atoms with Gasteiger partial charge in [-0.2, -0.15) is 0 Å². The molecule has 24 heavy (non-hydrogen) atoms. The van der Waals surface area contributed by atoms with Gasteiger partial charge in [-0.15, -0.1) is 0 Å². The quantitative estimate of drug-likeness (QED) is 0.769. The molecule has 0 saturated carbocycles. The Balaban J connectivity index is 1.95. The van der Waals surface area contributed by atoms with Crippen molar-refractivity contribution in [3.63, 3.8) is 0 Å². The molecule has 1 heterocycles. The van der Waals surface area contributed by atoms with Crippen molar-refractivity contribution in [1.29, 1.82) is 0 Å². The standard InChI is InChI=1S/C18H22ClN3O2/c1-18(2,3)15(23)11-21-16-8-7-12(10-20-16)17(24)22-14-6-4-5-13(19)9-14/h4-10,15,23H,11H2,1-3H3,(H,20,21)(H,22,24). The third-order valence-electron chi connectivity index (χ3n) is 3.58. The highest BCUT2D eigenvalue weighted by atomic mass is 35.5. The molecule has 1 atom stereocenters. The van der Waals surface area contributed by atoms with Crippen molar-refractivity contribution in [2.75, 3.05) is 17.2 Å². The van der Waals surface area contributed by atoms with Crippen LogP contribution < -0.4 is 10.6 Å². The maximum Gasteiger partial charge on any atom is 0.257 e. The average Bonchev–Trinajstić information content (AvgIpc) is 2.52. The van der Waals surface area contributed by atoms with Crippen molar-refractivity contribution in [2.24, 2.45) is 5.41 Å². The highest BCUT2D eigenvalue weighted by Gasteiger charge is 2.21. The topological polar surface area (TPSA) is 74.2 Å². The summed E-state index contributed by atoms with van der Waals surface area (Å²) >= 11 is 5.89. The lowest BCUT2D eigenvalue weighted by Gasteiger charge is -2.26. The van der Waals surface area contributed by atoms with Gasteiger partial charge in [0.05, 0.1) is 11.7 Å². The number of aliphatic hydroxyl groups excluding tert-OH is 1. The first-order valence-corrected chi connectivity index (χ1v) is 8.08. The maximum absolute atomic E-state index is 12.2. The minimum atomic E-state index is -0.495. The van der Waals surface area contributed by atoms with E-state index in [-0.39, 0.29) is 11.3 Å². The fraction of sp³-hybridized carbons (Fsp3) is 0.333. The van der Waals surface area contributed by atoms with Gasteiger partial charge >= 0.3 is 0 Å². The number of carbonyl (C=O) groups is 1. The summed E-state index contributed by atoms with van der Waals surface area (Å²) in [6.45, 7) is 6.30. The number of hydrogen-bond donors (Lipinski definition) is 3. The number of amides is 1. The van der Waals surface area contributed by atoms with Crippen LogP contribution in [0.4, 0.5) is 11.5 Å². The number of nitrogens with zero attached hydrogens (tertiary/aromatic N) is 1. The van der Waals surface area contributed by atoms with E-state index < -0.39 is 6.10 Å². The van der Waals surface area contributed by atoms with E-state index >= 15 is 0 Å². The molecule has 1 amide bonds. The average molecular weight is 348 g/mol. The van der Waals surface area contributed by atoms with Crippen LogP contribution in [0.25, 0.3) is 0 Å². The first-order valence-electron chi connectivity index (χ1n) is 7.70. The number of halogens is 1. The summed E-state index contributed by atoms with van der Waals surface area (Å²) < 4.78 is 0. The largest absolute Gasteiger partial charge is 0.391 e. The van der Waals surface area contributed by atoms with Gasteiger partial charge < -0.3 is 15.7 Å². The number of carbonyl (C=O) groups excluding carboxylic acids is 1. The molecule has 0 radical (unpaired) electrons. The number of hydrogen-bond acceptors (Lipinski definition) is 4. The van der Waals surface area contributed by atoms with Gasteiger partial charge in [0.25, 0.3) is 5.91 Å². The molecular weight excluding hydrogens is 326 g/mol. The van der Waals surface area contributed by atoms with Gasteiger partial charge in [0.15, 0.2) is 0 Å². The molecular formula is C18H22ClN3O2. The van der Waals surface area contributed by atoms with Crippen LogP contribution in [0.2, 0.25) is 5.02 Å². The summed E-state index contributed by atoms with van der Waals surface area (Å²) in [6.07, 6.45) is 0.996. The van der Waals surface area contributed by atoms with Crippen LogP contribution >= 0.6 is 11.6 Å². The van der Waals surface area contributed by atoms with Crippen LogP contribution in [-0.2, 0) is 0 Å². The van der Waals surface area contributed by atoms with E-state index in [1.54, 1.807) is 36.4 Å². The molecule has 0 spiro atoms. The molecule has 5 nitrogen and oxygen atoms in total. The predicted molar refractivity (Wildman–Crippen MR) is 97.6 cm³/mol. The summed E-state index contributed by atoms with van der Waals surface area (Å²) in [6, 6.07) is 10.3. The number of rotatable bonds is 5. The Morgan fingerprint density at radius 3 is 2.62 bits per heavy atom. The van der Waals surface area contributed by atoms with Crippen molar-refractivity contribution in [1.82, 2.24) is 4.98 Å². The van der Waals surface area contributed by atoms with Gasteiger partial charge in [0.2, 0.25) is 0 Å². The molecule has 0 saturated heterocycles. The lowest BCUT2D eigenvalue weighted by Crippen LogP contribution is -2.33.